The van der Waals surface area contributed by atoms with E-state index < -0.39 is 17.3 Å². The van der Waals surface area contributed by atoms with Gasteiger partial charge in [-0.15, -0.1) is 0 Å². The maximum atomic E-state index is 15.6. The number of aliphatic hydroxyl groups excluding tert-OH is 1. The van der Waals surface area contributed by atoms with Crippen LogP contribution in [0.2, 0.25) is 0 Å². The fourth-order valence-electron chi connectivity index (χ4n) is 5.77. The number of nitrogen functional groups attached to an aromatic ring is 1. The number of nitrogens with zero attached hydrogens (tertiary/aromatic N) is 5. The Bertz CT molecular complexity index is 1870. The van der Waals surface area contributed by atoms with Crippen LogP contribution in [0.4, 0.5) is 15.9 Å². The first-order chi connectivity index (χ1) is 19.9. The first-order valence-electron chi connectivity index (χ1n) is 13.3. The van der Waals surface area contributed by atoms with Gasteiger partial charge in [-0.05, 0) is 49.2 Å². The summed E-state index contributed by atoms with van der Waals surface area (Å²) in [6.45, 7) is 0.933. The Morgan fingerprint density at radius 3 is 2.68 bits per heavy atom. The number of rotatable bonds is 5. The van der Waals surface area contributed by atoms with Gasteiger partial charge in [-0.25, -0.2) is 18.6 Å². The molecule has 1 saturated carbocycles. The van der Waals surface area contributed by atoms with Crippen LogP contribution in [0.3, 0.4) is 0 Å². The van der Waals surface area contributed by atoms with Crippen LogP contribution in [0.1, 0.15) is 40.5 Å². The average molecular weight is 556 g/mol. The Labute approximate surface area is 232 Å². The van der Waals surface area contributed by atoms with E-state index in [9.17, 15) is 14.7 Å². The standard InChI is InChI=1S/C29H26FN7O4/c30-22-12-17(6-7-20(22)21-13-23(16-10-19(38)11-16)36-26(21)27(31)32-15-33-36)34-28(39)25-24-14-41-9-8-35(24)37(29(25)40)18-4-2-1-3-5-18/h1-7,12-13,15-16,19,38H,8-11,14H2,(H,34,39)(H2,31,32,33). The second-order valence-electron chi connectivity index (χ2n) is 10.3. The highest BCUT2D eigenvalue weighted by Gasteiger charge is 2.33. The van der Waals surface area contributed by atoms with Crippen LogP contribution in [-0.2, 0) is 17.9 Å². The number of carbonyl (C=O) groups is 1. The second kappa shape index (κ2) is 9.68. The quantitative estimate of drug-likeness (QED) is 0.303. The van der Waals surface area contributed by atoms with Gasteiger partial charge >= 0.3 is 0 Å². The predicted molar refractivity (Wildman–Crippen MR) is 148 cm³/mol. The van der Waals surface area contributed by atoms with Crippen LogP contribution in [0.5, 0.6) is 0 Å². The normalized spacial score (nSPS) is 18.2. The van der Waals surface area contributed by atoms with E-state index in [0.29, 0.717) is 48.5 Å². The highest BCUT2D eigenvalue weighted by atomic mass is 19.1. The van der Waals surface area contributed by atoms with E-state index in [4.69, 9.17) is 10.5 Å². The minimum absolute atomic E-state index is 0.0475. The van der Waals surface area contributed by atoms with Gasteiger partial charge in [0.1, 0.15) is 23.2 Å². The van der Waals surface area contributed by atoms with E-state index in [1.54, 1.807) is 33.5 Å². The summed E-state index contributed by atoms with van der Waals surface area (Å²) >= 11 is 0. The number of halogens is 1. The lowest BCUT2D eigenvalue weighted by molar-refractivity contribution is 0.0726. The van der Waals surface area contributed by atoms with Crippen molar-refractivity contribution >= 4 is 22.9 Å². The monoisotopic (exact) mass is 555 g/mol. The molecule has 2 aliphatic rings. The van der Waals surface area contributed by atoms with Gasteiger partial charge in [0, 0.05) is 28.4 Å². The summed E-state index contributed by atoms with van der Waals surface area (Å²) in [7, 11) is 0. The van der Waals surface area contributed by atoms with E-state index in [1.165, 1.54) is 17.1 Å². The number of hydrogen-bond acceptors (Lipinski definition) is 7. The molecule has 0 unspecified atom stereocenters. The zero-order chi connectivity index (χ0) is 28.2. The van der Waals surface area contributed by atoms with Crippen LogP contribution in [0.25, 0.3) is 22.3 Å². The molecule has 12 heteroatoms. The Balaban J connectivity index is 1.23. The molecule has 208 valence electrons. The van der Waals surface area contributed by atoms with Crippen molar-refractivity contribution in [2.75, 3.05) is 17.7 Å². The summed E-state index contributed by atoms with van der Waals surface area (Å²) in [5, 5.41) is 16.8. The van der Waals surface area contributed by atoms with Crippen LogP contribution in [0, 0.1) is 5.82 Å². The molecule has 0 radical (unpaired) electrons. The highest BCUT2D eigenvalue weighted by Crippen LogP contribution is 2.41. The number of carbonyl (C=O) groups excluding carboxylic acids is 1. The van der Waals surface area contributed by atoms with Crippen molar-refractivity contribution in [1.29, 1.82) is 0 Å². The SMILES string of the molecule is Nc1ncnn2c(C3CC(O)C3)cc(-c3ccc(NC(=O)c4c5n(n(-c6ccccc6)c4=O)CCOC5)cc3F)c12. The Morgan fingerprint density at radius 2 is 1.93 bits per heavy atom. The molecule has 41 heavy (non-hydrogen) atoms. The molecule has 0 spiro atoms. The number of para-hydroxylation sites is 1. The first-order valence-corrected chi connectivity index (χ1v) is 13.3. The molecule has 11 nitrogen and oxygen atoms in total. The summed E-state index contributed by atoms with van der Waals surface area (Å²) in [4.78, 5) is 31.0. The van der Waals surface area contributed by atoms with Gasteiger partial charge in [-0.1, -0.05) is 18.2 Å². The molecule has 5 aromatic rings. The van der Waals surface area contributed by atoms with Crippen molar-refractivity contribution in [2.24, 2.45) is 0 Å². The molecule has 1 fully saturated rings. The molecule has 4 N–H and O–H groups in total. The van der Waals surface area contributed by atoms with Crippen LogP contribution in [-0.4, -0.2) is 47.7 Å². The number of nitrogens with one attached hydrogen (secondary N) is 1. The number of nitrogens with two attached hydrogens (primary N) is 1. The van der Waals surface area contributed by atoms with Crippen molar-refractivity contribution in [3.8, 4) is 16.8 Å². The van der Waals surface area contributed by atoms with E-state index >= 15 is 4.39 Å². The van der Waals surface area contributed by atoms with E-state index in [-0.39, 0.29) is 41.3 Å². The minimum atomic E-state index is -0.649. The average Bonchev–Trinajstić information content (AvgIpc) is 3.47. The maximum absolute atomic E-state index is 15.6. The van der Waals surface area contributed by atoms with Gasteiger partial charge in [0.2, 0.25) is 0 Å². The molecule has 7 rings (SSSR count). The van der Waals surface area contributed by atoms with E-state index in [1.807, 2.05) is 24.3 Å². The maximum Gasteiger partial charge on any atom is 0.284 e. The van der Waals surface area contributed by atoms with Gasteiger partial charge in [0.05, 0.1) is 37.2 Å². The molecule has 3 aromatic heterocycles. The summed E-state index contributed by atoms with van der Waals surface area (Å²) in [5.41, 5.74) is 9.00. The molecule has 1 aliphatic carbocycles. The molecule has 1 amide bonds. The van der Waals surface area contributed by atoms with Crippen LogP contribution >= 0.6 is 0 Å². The van der Waals surface area contributed by atoms with Crippen molar-refractivity contribution in [1.82, 2.24) is 24.0 Å². The zero-order valence-electron chi connectivity index (χ0n) is 21.8. The minimum Gasteiger partial charge on any atom is -0.393 e. The Kier molecular flexibility index (Phi) is 5.94. The Hall–Kier alpha value is -4.81. The molecule has 4 heterocycles. The first kappa shape index (κ1) is 25.2. The molecular weight excluding hydrogens is 529 g/mol. The molecule has 0 bridgehead atoms. The molecular formula is C29H26FN7O4. The summed E-state index contributed by atoms with van der Waals surface area (Å²) in [6, 6.07) is 15.2. The predicted octanol–water partition coefficient (Wildman–Crippen LogP) is 3.09. The number of benzene rings is 2. The second-order valence-corrected chi connectivity index (χ2v) is 10.3. The number of aliphatic hydroxyl groups is 1. The van der Waals surface area contributed by atoms with Crippen molar-refractivity contribution in [3.05, 3.63) is 94.0 Å². The summed E-state index contributed by atoms with van der Waals surface area (Å²) < 4.78 is 26.1. The van der Waals surface area contributed by atoms with Crippen molar-refractivity contribution in [2.45, 2.75) is 38.0 Å². The molecule has 0 saturated heterocycles. The fraction of sp³-hybridized carbons (Fsp3) is 0.241. The third-order valence-electron chi connectivity index (χ3n) is 7.82. The number of anilines is 2. The molecule has 2 aromatic carbocycles. The fourth-order valence-corrected chi connectivity index (χ4v) is 5.77. The number of fused-ring (bicyclic) bond motifs is 2. The highest BCUT2D eigenvalue weighted by molar-refractivity contribution is 6.05. The zero-order valence-corrected chi connectivity index (χ0v) is 21.8. The summed E-state index contributed by atoms with van der Waals surface area (Å²) in [6.07, 6.45) is 2.15. The van der Waals surface area contributed by atoms with Gasteiger partial charge in [0.25, 0.3) is 11.5 Å². The van der Waals surface area contributed by atoms with Crippen LogP contribution < -0.4 is 16.6 Å². The number of hydrogen-bond donors (Lipinski definition) is 3. The Morgan fingerprint density at radius 1 is 1.12 bits per heavy atom. The lowest BCUT2D eigenvalue weighted by Gasteiger charge is -2.30. The number of aromatic nitrogens is 5. The lowest BCUT2D eigenvalue weighted by atomic mass is 9.80. The van der Waals surface area contributed by atoms with E-state index in [2.05, 4.69) is 15.4 Å². The topological polar surface area (TPSA) is 142 Å². The largest absolute Gasteiger partial charge is 0.393 e. The van der Waals surface area contributed by atoms with Gasteiger partial charge in [0.15, 0.2) is 5.82 Å². The van der Waals surface area contributed by atoms with E-state index in [0.717, 1.165) is 5.69 Å². The summed E-state index contributed by atoms with van der Waals surface area (Å²) in [5.74, 6) is -0.973. The smallest absolute Gasteiger partial charge is 0.284 e. The molecule has 0 atom stereocenters. The lowest BCUT2D eigenvalue weighted by Crippen LogP contribution is -2.27. The van der Waals surface area contributed by atoms with Crippen molar-refractivity contribution < 1.29 is 19.0 Å². The third kappa shape index (κ3) is 4.10. The van der Waals surface area contributed by atoms with Gasteiger partial charge in [-0.2, -0.15) is 5.10 Å². The van der Waals surface area contributed by atoms with Gasteiger partial charge < -0.3 is 20.9 Å². The van der Waals surface area contributed by atoms with Crippen LogP contribution in [0.15, 0.2) is 65.7 Å². The van der Waals surface area contributed by atoms with Gasteiger partial charge in [-0.3, -0.25) is 14.3 Å². The number of amides is 1. The molecule has 1 aliphatic heterocycles. The number of ether oxygens (including phenoxy) is 1. The third-order valence-corrected chi connectivity index (χ3v) is 7.82. The van der Waals surface area contributed by atoms with Crippen molar-refractivity contribution in [3.63, 3.8) is 0 Å².